The van der Waals surface area contributed by atoms with Crippen molar-refractivity contribution in [3.63, 3.8) is 0 Å². The number of ether oxygens (including phenoxy) is 4. The molecule has 0 bridgehead atoms. The molecular weight excluding hydrogens is 446 g/mol. The molecule has 0 aliphatic rings. The first-order valence-electron chi connectivity index (χ1n) is 10.4. The fourth-order valence-electron chi connectivity index (χ4n) is 3.34. The molecule has 3 aromatic rings. The smallest absolute Gasteiger partial charge is 0.241 e. The SMILES string of the molecule is CCOc1ccc(S(=O)(=O)NC(c2cc(OC)cc(OC)c2)c2nccn2C)cc1OCC. The van der Waals surface area contributed by atoms with Crippen LogP contribution in [0.1, 0.15) is 31.3 Å². The number of hydrogen-bond acceptors (Lipinski definition) is 7. The lowest BCUT2D eigenvalue weighted by atomic mass is 10.1. The number of sulfonamides is 1. The summed E-state index contributed by atoms with van der Waals surface area (Å²) < 4.78 is 53.3. The zero-order valence-corrected chi connectivity index (χ0v) is 20.2. The first-order valence-corrected chi connectivity index (χ1v) is 11.9. The van der Waals surface area contributed by atoms with Crippen molar-refractivity contribution in [1.82, 2.24) is 14.3 Å². The topological polar surface area (TPSA) is 101 Å². The van der Waals surface area contributed by atoms with Gasteiger partial charge in [-0.15, -0.1) is 0 Å². The third-order valence-electron chi connectivity index (χ3n) is 4.92. The van der Waals surface area contributed by atoms with Gasteiger partial charge in [-0.25, -0.2) is 13.4 Å². The lowest BCUT2D eigenvalue weighted by Crippen LogP contribution is -2.31. The molecule has 1 N–H and O–H groups in total. The van der Waals surface area contributed by atoms with Gasteiger partial charge in [-0.1, -0.05) is 0 Å². The summed E-state index contributed by atoms with van der Waals surface area (Å²) in [5.74, 6) is 2.41. The van der Waals surface area contributed by atoms with Gasteiger partial charge in [-0.2, -0.15) is 4.72 Å². The van der Waals surface area contributed by atoms with E-state index in [1.54, 1.807) is 48.3 Å². The van der Waals surface area contributed by atoms with E-state index in [-0.39, 0.29) is 4.90 Å². The van der Waals surface area contributed by atoms with Crippen LogP contribution in [0.5, 0.6) is 23.0 Å². The molecule has 0 amide bonds. The lowest BCUT2D eigenvalue weighted by Gasteiger charge is -2.21. The maximum Gasteiger partial charge on any atom is 0.241 e. The first-order chi connectivity index (χ1) is 15.8. The normalized spacial score (nSPS) is 12.3. The molecule has 0 aliphatic carbocycles. The largest absolute Gasteiger partial charge is 0.497 e. The zero-order chi connectivity index (χ0) is 24.0. The minimum atomic E-state index is -3.98. The molecule has 9 nitrogen and oxygen atoms in total. The lowest BCUT2D eigenvalue weighted by molar-refractivity contribution is 0.287. The maximum absolute atomic E-state index is 13.4. The monoisotopic (exact) mass is 475 g/mol. The molecule has 0 saturated carbocycles. The molecule has 0 spiro atoms. The number of rotatable bonds is 11. The molecule has 10 heteroatoms. The predicted molar refractivity (Wildman–Crippen MR) is 124 cm³/mol. The molecule has 0 radical (unpaired) electrons. The molecule has 2 aromatic carbocycles. The summed E-state index contributed by atoms with van der Waals surface area (Å²) >= 11 is 0. The number of hydrogen-bond donors (Lipinski definition) is 1. The summed E-state index contributed by atoms with van der Waals surface area (Å²) in [6, 6.07) is 8.93. The summed E-state index contributed by atoms with van der Waals surface area (Å²) in [4.78, 5) is 4.42. The Kier molecular flexibility index (Phi) is 7.83. The van der Waals surface area contributed by atoms with E-state index >= 15 is 0 Å². The molecule has 33 heavy (non-hydrogen) atoms. The third kappa shape index (κ3) is 5.58. The van der Waals surface area contributed by atoms with E-state index in [0.29, 0.717) is 47.6 Å². The molecule has 1 heterocycles. The molecule has 178 valence electrons. The molecule has 3 rings (SSSR count). The van der Waals surface area contributed by atoms with Crippen LogP contribution in [-0.2, 0) is 17.1 Å². The van der Waals surface area contributed by atoms with E-state index in [9.17, 15) is 8.42 Å². The third-order valence-corrected chi connectivity index (χ3v) is 6.34. The van der Waals surface area contributed by atoms with Gasteiger partial charge < -0.3 is 23.5 Å². The second-order valence-electron chi connectivity index (χ2n) is 7.07. The Morgan fingerprint density at radius 1 is 0.970 bits per heavy atom. The van der Waals surface area contributed by atoms with Gasteiger partial charge in [0.25, 0.3) is 0 Å². The number of aromatic nitrogens is 2. The van der Waals surface area contributed by atoms with Gasteiger partial charge >= 0.3 is 0 Å². The Balaban J connectivity index is 2.07. The Morgan fingerprint density at radius 2 is 1.61 bits per heavy atom. The van der Waals surface area contributed by atoms with E-state index in [0.717, 1.165) is 0 Å². The molecular formula is C23H29N3O6S. The summed E-state index contributed by atoms with van der Waals surface area (Å²) in [7, 11) is 0.885. The van der Waals surface area contributed by atoms with Crippen molar-refractivity contribution < 1.29 is 27.4 Å². The second kappa shape index (κ2) is 10.6. The van der Waals surface area contributed by atoms with Crippen molar-refractivity contribution in [2.24, 2.45) is 7.05 Å². The highest BCUT2D eigenvalue weighted by molar-refractivity contribution is 7.89. The standard InChI is InChI=1S/C23H29N3O6S/c1-6-31-20-9-8-19(15-21(20)32-7-2)33(27,28)25-22(23-24-10-11-26(23)3)16-12-17(29-4)14-18(13-16)30-5/h8-15,22,25H,6-7H2,1-5H3. The summed E-state index contributed by atoms with van der Waals surface area (Å²) in [5, 5.41) is 0. The molecule has 1 atom stereocenters. The van der Waals surface area contributed by atoms with Gasteiger partial charge in [-0.05, 0) is 43.7 Å². The van der Waals surface area contributed by atoms with Crippen molar-refractivity contribution in [2.75, 3.05) is 27.4 Å². The summed E-state index contributed by atoms with van der Waals surface area (Å²) in [6.45, 7) is 4.48. The van der Waals surface area contributed by atoms with Gasteiger partial charge in [0, 0.05) is 31.6 Å². The average Bonchev–Trinajstić information content (AvgIpc) is 3.24. The van der Waals surface area contributed by atoms with Crippen LogP contribution in [0.2, 0.25) is 0 Å². The van der Waals surface area contributed by atoms with Crippen LogP contribution in [0, 0.1) is 0 Å². The molecule has 0 fully saturated rings. The molecule has 1 unspecified atom stereocenters. The quantitative estimate of drug-likeness (QED) is 0.454. The number of aryl methyl sites for hydroxylation is 1. The van der Waals surface area contributed by atoms with Crippen molar-refractivity contribution in [3.05, 3.63) is 60.2 Å². The highest BCUT2D eigenvalue weighted by Gasteiger charge is 2.27. The number of imidazole rings is 1. The minimum Gasteiger partial charge on any atom is -0.497 e. The first kappa shape index (κ1) is 24.4. The second-order valence-corrected chi connectivity index (χ2v) is 8.79. The molecule has 0 saturated heterocycles. The highest BCUT2D eigenvalue weighted by atomic mass is 32.2. The molecule has 1 aromatic heterocycles. The molecule has 0 aliphatic heterocycles. The van der Waals surface area contributed by atoms with Crippen LogP contribution >= 0.6 is 0 Å². The number of benzene rings is 2. The van der Waals surface area contributed by atoms with Crippen molar-refractivity contribution in [1.29, 1.82) is 0 Å². The highest BCUT2D eigenvalue weighted by Crippen LogP contribution is 2.33. The Labute approximate surface area is 194 Å². The predicted octanol–water partition coefficient (Wildman–Crippen LogP) is 3.30. The van der Waals surface area contributed by atoms with Crippen LogP contribution < -0.4 is 23.7 Å². The fraction of sp³-hybridized carbons (Fsp3) is 0.348. The van der Waals surface area contributed by atoms with Gasteiger partial charge in [0.05, 0.1) is 32.3 Å². The summed E-state index contributed by atoms with van der Waals surface area (Å²) in [6.07, 6.45) is 3.36. The summed E-state index contributed by atoms with van der Waals surface area (Å²) in [5.41, 5.74) is 0.611. The number of nitrogens with zero attached hydrogens (tertiary/aromatic N) is 2. The fourth-order valence-corrected chi connectivity index (χ4v) is 4.54. The van der Waals surface area contributed by atoms with Crippen LogP contribution in [0.3, 0.4) is 0 Å². The minimum absolute atomic E-state index is 0.0449. The number of methoxy groups -OCH3 is 2. The van der Waals surface area contributed by atoms with Gasteiger partial charge in [0.15, 0.2) is 11.5 Å². The van der Waals surface area contributed by atoms with E-state index in [1.165, 1.54) is 26.4 Å². The van der Waals surface area contributed by atoms with Crippen molar-refractivity contribution >= 4 is 10.0 Å². The van der Waals surface area contributed by atoms with Gasteiger partial charge in [0.2, 0.25) is 10.0 Å². The van der Waals surface area contributed by atoms with Crippen LogP contribution in [0.4, 0.5) is 0 Å². The van der Waals surface area contributed by atoms with Crippen LogP contribution in [0.25, 0.3) is 0 Å². The van der Waals surface area contributed by atoms with E-state index in [1.807, 2.05) is 13.8 Å². The van der Waals surface area contributed by atoms with Crippen molar-refractivity contribution in [3.8, 4) is 23.0 Å². The zero-order valence-electron chi connectivity index (χ0n) is 19.4. The van der Waals surface area contributed by atoms with E-state index in [2.05, 4.69) is 9.71 Å². The Hall–Kier alpha value is -3.24. The van der Waals surface area contributed by atoms with Gasteiger partial charge in [0.1, 0.15) is 23.4 Å². The maximum atomic E-state index is 13.4. The average molecular weight is 476 g/mol. The van der Waals surface area contributed by atoms with E-state index in [4.69, 9.17) is 18.9 Å². The Bertz CT molecular complexity index is 1170. The Morgan fingerprint density at radius 3 is 2.15 bits per heavy atom. The van der Waals surface area contributed by atoms with Crippen LogP contribution in [0.15, 0.2) is 53.7 Å². The number of nitrogens with one attached hydrogen (secondary N) is 1. The van der Waals surface area contributed by atoms with Crippen molar-refractivity contribution in [2.45, 2.75) is 24.8 Å². The van der Waals surface area contributed by atoms with Gasteiger partial charge in [-0.3, -0.25) is 0 Å². The van der Waals surface area contributed by atoms with Crippen LogP contribution in [-0.4, -0.2) is 45.4 Å². The van der Waals surface area contributed by atoms with E-state index < -0.39 is 16.1 Å².